The molecular formula is C41H46N4O8S. The number of carbonyl (C=O) groups is 3. The molecule has 2 N–H and O–H groups in total. The number of nitrogens with one attached hydrogen (secondary N) is 2. The standard InChI is InChI=1S/C41H46N4O8S/c1-27(46)45-26-31(53-37-24-33(29-13-7-5-8-14-29)42-34-22-30(51-2)17-18-32(34)37)23-35(45)39(47)43-41-20-19-28(25-41)12-6-3-4-11-21-52-36-15-9-10-16-38(36)54(49,50)44-40(41)48/h5,7-10,13-18,22,24,28,31,35H,3-4,6,11-12,19-21,23,25-26H2,1-2H3,(H,43,47)(H,44,48)/t28?,31-,35+,41-/m1/s1. The summed E-state index contributed by atoms with van der Waals surface area (Å²) < 4.78 is 47.6. The summed E-state index contributed by atoms with van der Waals surface area (Å²) in [7, 11) is -2.76. The zero-order chi connectivity index (χ0) is 37.9. The summed E-state index contributed by atoms with van der Waals surface area (Å²) >= 11 is 0. The number of methoxy groups -OCH3 is 1. The Bertz CT molecular complexity index is 2150. The van der Waals surface area contributed by atoms with Crippen LogP contribution in [0.2, 0.25) is 0 Å². The van der Waals surface area contributed by atoms with Gasteiger partial charge >= 0.3 is 0 Å². The predicted molar refractivity (Wildman–Crippen MR) is 203 cm³/mol. The highest BCUT2D eigenvalue weighted by Gasteiger charge is 2.50. The predicted octanol–water partition coefficient (Wildman–Crippen LogP) is 5.78. The Hall–Kier alpha value is -5.17. The first-order valence-electron chi connectivity index (χ1n) is 18.6. The third kappa shape index (κ3) is 7.87. The number of sulfonamides is 1. The molecule has 1 aromatic heterocycles. The van der Waals surface area contributed by atoms with Gasteiger partial charge in [-0.25, -0.2) is 18.1 Å². The van der Waals surface area contributed by atoms with Gasteiger partial charge in [-0.1, -0.05) is 68.1 Å². The van der Waals surface area contributed by atoms with Crippen molar-refractivity contribution in [3.05, 3.63) is 78.9 Å². The number of ether oxygens (including phenoxy) is 3. The quantitative estimate of drug-likeness (QED) is 0.250. The third-order valence-electron chi connectivity index (χ3n) is 10.9. The molecule has 1 saturated heterocycles. The fourth-order valence-electron chi connectivity index (χ4n) is 8.04. The molecule has 4 atom stereocenters. The van der Waals surface area contributed by atoms with E-state index in [1.807, 2.05) is 54.6 Å². The Kier molecular flexibility index (Phi) is 10.8. The topological polar surface area (TPSA) is 153 Å². The number of carbonyl (C=O) groups excluding carboxylic acids is 3. The molecule has 4 aromatic rings. The molecule has 2 aliphatic heterocycles. The molecule has 2 bridgehead atoms. The average Bonchev–Trinajstić information content (AvgIpc) is 3.79. The molecule has 1 saturated carbocycles. The van der Waals surface area contributed by atoms with Crippen LogP contribution in [-0.2, 0) is 24.4 Å². The zero-order valence-corrected chi connectivity index (χ0v) is 31.4. The number of amides is 3. The van der Waals surface area contributed by atoms with Gasteiger partial charge in [-0.3, -0.25) is 14.4 Å². The molecular weight excluding hydrogens is 709 g/mol. The van der Waals surface area contributed by atoms with Crippen LogP contribution in [-0.4, -0.2) is 74.0 Å². The Morgan fingerprint density at radius 3 is 2.56 bits per heavy atom. The van der Waals surface area contributed by atoms with Gasteiger partial charge in [0.05, 0.1) is 31.5 Å². The lowest BCUT2D eigenvalue weighted by atomic mass is 9.92. The van der Waals surface area contributed by atoms with Gasteiger partial charge in [0.15, 0.2) is 0 Å². The first kappa shape index (κ1) is 37.2. The molecule has 2 fully saturated rings. The van der Waals surface area contributed by atoms with Crippen molar-refractivity contribution in [1.29, 1.82) is 0 Å². The van der Waals surface area contributed by atoms with E-state index in [-0.39, 0.29) is 41.9 Å². The Balaban J connectivity index is 1.15. The second-order valence-corrected chi connectivity index (χ2v) is 16.2. The summed E-state index contributed by atoms with van der Waals surface area (Å²) in [6.45, 7) is 1.90. The average molecular weight is 755 g/mol. The van der Waals surface area contributed by atoms with E-state index in [0.717, 1.165) is 43.1 Å². The van der Waals surface area contributed by atoms with Crippen molar-refractivity contribution in [3.8, 4) is 28.5 Å². The molecule has 284 valence electrons. The molecule has 3 amide bonds. The van der Waals surface area contributed by atoms with Gasteiger partial charge in [0.2, 0.25) is 11.8 Å². The lowest BCUT2D eigenvalue weighted by Crippen LogP contribution is -2.61. The lowest BCUT2D eigenvalue weighted by molar-refractivity contribution is -0.139. The molecule has 12 nitrogen and oxygen atoms in total. The van der Waals surface area contributed by atoms with Gasteiger partial charge in [-0.05, 0) is 55.9 Å². The van der Waals surface area contributed by atoms with Crippen LogP contribution in [0.15, 0.2) is 83.8 Å². The fourth-order valence-corrected chi connectivity index (χ4v) is 9.24. The second kappa shape index (κ2) is 15.7. The van der Waals surface area contributed by atoms with Gasteiger partial charge in [0.1, 0.15) is 39.8 Å². The van der Waals surface area contributed by atoms with Gasteiger partial charge < -0.3 is 24.4 Å². The molecule has 54 heavy (non-hydrogen) atoms. The van der Waals surface area contributed by atoms with Crippen LogP contribution < -0.4 is 24.2 Å². The van der Waals surface area contributed by atoms with Crippen LogP contribution in [0.1, 0.15) is 64.7 Å². The maximum absolute atomic E-state index is 14.3. The number of fused-ring (bicyclic) bond motifs is 4. The Morgan fingerprint density at radius 2 is 1.76 bits per heavy atom. The molecule has 13 heteroatoms. The number of rotatable bonds is 6. The van der Waals surface area contributed by atoms with Gasteiger partial charge in [0.25, 0.3) is 15.9 Å². The second-order valence-electron chi connectivity index (χ2n) is 14.5. The van der Waals surface area contributed by atoms with Crippen LogP contribution in [0.4, 0.5) is 0 Å². The van der Waals surface area contributed by atoms with Crippen LogP contribution >= 0.6 is 0 Å². The summed E-state index contributed by atoms with van der Waals surface area (Å²) in [4.78, 5) is 47.7. The van der Waals surface area contributed by atoms with E-state index >= 15 is 0 Å². The SMILES string of the molecule is COc1ccc2c(O[C@@H]3C[C@@H](C(=O)N[C@@]45CCC(CCCCCCOc6ccccc6S(=O)(=O)NC4=O)C5)N(C(C)=O)C3)cc(-c3ccccc3)nc2c1. The highest BCUT2D eigenvalue weighted by molar-refractivity contribution is 7.90. The monoisotopic (exact) mass is 754 g/mol. The molecule has 7 rings (SSSR count). The Labute approximate surface area is 315 Å². The maximum atomic E-state index is 14.3. The highest BCUT2D eigenvalue weighted by Crippen LogP contribution is 2.40. The van der Waals surface area contributed by atoms with Gasteiger partial charge in [0, 0.05) is 36.4 Å². The minimum atomic E-state index is -4.35. The van der Waals surface area contributed by atoms with E-state index in [4.69, 9.17) is 19.2 Å². The summed E-state index contributed by atoms with van der Waals surface area (Å²) in [6, 6.07) is 22.4. The van der Waals surface area contributed by atoms with Crippen molar-refractivity contribution < 1.29 is 37.0 Å². The minimum absolute atomic E-state index is 0.119. The summed E-state index contributed by atoms with van der Waals surface area (Å²) in [5.74, 6) is -0.167. The van der Waals surface area contributed by atoms with E-state index in [0.29, 0.717) is 42.2 Å². The third-order valence-corrected chi connectivity index (χ3v) is 12.2. The summed E-state index contributed by atoms with van der Waals surface area (Å²) in [5, 5.41) is 3.74. The van der Waals surface area contributed by atoms with E-state index < -0.39 is 39.5 Å². The van der Waals surface area contributed by atoms with Gasteiger partial charge in [-0.2, -0.15) is 0 Å². The normalized spacial score (nSPS) is 24.3. The number of nitrogens with zero attached hydrogens (tertiary/aromatic N) is 2. The van der Waals surface area contributed by atoms with Crippen molar-refractivity contribution in [2.24, 2.45) is 5.92 Å². The van der Waals surface area contributed by atoms with Gasteiger partial charge in [-0.15, -0.1) is 0 Å². The minimum Gasteiger partial charge on any atom is -0.497 e. The highest BCUT2D eigenvalue weighted by atomic mass is 32.2. The number of hydrogen-bond donors (Lipinski definition) is 2. The van der Waals surface area contributed by atoms with Crippen LogP contribution in [0.3, 0.4) is 0 Å². The summed E-state index contributed by atoms with van der Waals surface area (Å²) in [5.41, 5.74) is 0.759. The van der Waals surface area contributed by atoms with E-state index in [1.165, 1.54) is 17.9 Å². The largest absolute Gasteiger partial charge is 0.497 e. The van der Waals surface area contributed by atoms with Crippen LogP contribution in [0, 0.1) is 5.92 Å². The molecule has 1 aliphatic carbocycles. The molecule has 3 heterocycles. The van der Waals surface area contributed by atoms with Crippen molar-refractivity contribution in [3.63, 3.8) is 0 Å². The van der Waals surface area contributed by atoms with Crippen molar-refractivity contribution in [1.82, 2.24) is 19.9 Å². The molecule has 3 aliphatic rings. The zero-order valence-electron chi connectivity index (χ0n) is 30.6. The van der Waals surface area contributed by atoms with Crippen LogP contribution in [0.25, 0.3) is 22.2 Å². The van der Waals surface area contributed by atoms with Crippen molar-refractivity contribution >= 4 is 38.6 Å². The molecule has 3 aromatic carbocycles. The number of likely N-dealkylation sites (tertiary alicyclic amines) is 1. The lowest BCUT2D eigenvalue weighted by Gasteiger charge is -2.32. The number of benzene rings is 3. The van der Waals surface area contributed by atoms with E-state index in [9.17, 15) is 22.8 Å². The maximum Gasteiger partial charge on any atom is 0.267 e. The first-order chi connectivity index (χ1) is 26.0. The van der Waals surface area contributed by atoms with Crippen molar-refractivity contribution in [2.75, 3.05) is 20.3 Å². The molecule has 0 spiro atoms. The first-order valence-corrected chi connectivity index (χ1v) is 20.1. The van der Waals surface area contributed by atoms with Crippen molar-refractivity contribution in [2.45, 2.75) is 87.3 Å². The fraction of sp³-hybridized carbons (Fsp3) is 0.415. The number of pyridine rings is 1. The number of hydrogen-bond acceptors (Lipinski definition) is 9. The molecule has 1 unspecified atom stereocenters. The van der Waals surface area contributed by atoms with E-state index in [1.54, 1.807) is 25.3 Å². The summed E-state index contributed by atoms with van der Waals surface area (Å²) in [6.07, 6.45) is 5.32. The van der Waals surface area contributed by atoms with E-state index in [2.05, 4.69) is 10.0 Å². The Morgan fingerprint density at radius 1 is 0.981 bits per heavy atom. The number of aromatic nitrogens is 1. The van der Waals surface area contributed by atoms with Crippen LogP contribution in [0.5, 0.6) is 17.2 Å². The molecule has 0 radical (unpaired) electrons. The number of para-hydroxylation sites is 1. The smallest absolute Gasteiger partial charge is 0.267 e.